The summed E-state index contributed by atoms with van der Waals surface area (Å²) in [5.41, 5.74) is 1.94. The van der Waals surface area contributed by atoms with Gasteiger partial charge < -0.3 is 19.4 Å². The summed E-state index contributed by atoms with van der Waals surface area (Å²) in [6.45, 7) is 0.0946. The van der Waals surface area contributed by atoms with Gasteiger partial charge in [-0.15, -0.1) is 0 Å². The van der Waals surface area contributed by atoms with Gasteiger partial charge in [-0.3, -0.25) is 14.6 Å². The van der Waals surface area contributed by atoms with Gasteiger partial charge in [-0.2, -0.15) is 0 Å². The number of anilines is 1. The smallest absolute Gasteiger partial charge is 0.260 e. The van der Waals surface area contributed by atoms with Crippen LogP contribution in [0.2, 0.25) is 0 Å². The first-order valence-corrected chi connectivity index (χ1v) is 9.65. The van der Waals surface area contributed by atoms with E-state index in [0.29, 0.717) is 33.8 Å². The van der Waals surface area contributed by atoms with Gasteiger partial charge in [0.1, 0.15) is 11.5 Å². The number of amides is 1. The standard InChI is InChI=1S/C24H21N3O4/c1-30-20-9-6-19(7-10-20)27(24(29)17-4-3-11-25-14-17)15-18-12-16-5-8-21(31-2)13-22(16)26-23(18)28/h3-14H,15H2,1-2H3,(H,26,28). The van der Waals surface area contributed by atoms with Crippen LogP contribution in [0.25, 0.3) is 10.9 Å². The van der Waals surface area contributed by atoms with Gasteiger partial charge in [-0.25, -0.2) is 0 Å². The molecule has 156 valence electrons. The van der Waals surface area contributed by atoms with E-state index in [-0.39, 0.29) is 18.0 Å². The van der Waals surface area contributed by atoms with E-state index in [1.165, 1.54) is 6.20 Å². The Morgan fingerprint density at radius 1 is 1.00 bits per heavy atom. The van der Waals surface area contributed by atoms with E-state index in [9.17, 15) is 9.59 Å². The minimum Gasteiger partial charge on any atom is -0.497 e. The first-order chi connectivity index (χ1) is 15.1. The van der Waals surface area contributed by atoms with E-state index in [2.05, 4.69) is 9.97 Å². The van der Waals surface area contributed by atoms with Crippen molar-refractivity contribution in [3.05, 3.63) is 94.5 Å². The number of aromatic nitrogens is 2. The molecular formula is C24H21N3O4. The Balaban J connectivity index is 1.75. The summed E-state index contributed by atoms with van der Waals surface area (Å²) in [7, 11) is 3.15. The molecule has 1 amide bonds. The van der Waals surface area contributed by atoms with Gasteiger partial charge in [0.05, 0.1) is 31.8 Å². The average molecular weight is 415 g/mol. The number of nitrogens with one attached hydrogen (secondary N) is 1. The number of nitrogens with zero attached hydrogens (tertiary/aromatic N) is 2. The van der Waals surface area contributed by atoms with E-state index >= 15 is 0 Å². The van der Waals surface area contributed by atoms with Gasteiger partial charge in [0.2, 0.25) is 0 Å². The number of benzene rings is 2. The summed E-state index contributed by atoms with van der Waals surface area (Å²) < 4.78 is 10.4. The Hall–Kier alpha value is -4.13. The Labute approximate surface area is 178 Å². The summed E-state index contributed by atoms with van der Waals surface area (Å²) in [5, 5.41) is 0.846. The minimum atomic E-state index is -0.266. The van der Waals surface area contributed by atoms with Gasteiger partial charge in [-0.1, -0.05) is 0 Å². The third-order valence-corrected chi connectivity index (χ3v) is 5.00. The maximum atomic E-state index is 13.3. The fourth-order valence-electron chi connectivity index (χ4n) is 3.33. The summed E-state index contributed by atoms with van der Waals surface area (Å²) in [6.07, 6.45) is 3.12. The second-order valence-corrected chi connectivity index (χ2v) is 6.91. The zero-order valence-corrected chi connectivity index (χ0v) is 17.2. The number of hydrogen-bond acceptors (Lipinski definition) is 5. The fraction of sp³-hybridized carbons (Fsp3) is 0.125. The molecule has 4 rings (SSSR count). The largest absolute Gasteiger partial charge is 0.497 e. The van der Waals surface area contributed by atoms with Crippen LogP contribution in [0.4, 0.5) is 5.69 Å². The van der Waals surface area contributed by atoms with Gasteiger partial charge in [0.25, 0.3) is 11.5 Å². The molecule has 0 bridgehead atoms. The molecule has 4 aromatic rings. The first-order valence-electron chi connectivity index (χ1n) is 9.65. The quantitative estimate of drug-likeness (QED) is 0.518. The van der Waals surface area contributed by atoms with Crippen molar-refractivity contribution >= 4 is 22.5 Å². The van der Waals surface area contributed by atoms with Crippen LogP contribution in [0.3, 0.4) is 0 Å². The van der Waals surface area contributed by atoms with Crippen molar-refractivity contribution < 1.29 is 14.3 Å². The summed E-state index contributed by atoms with van der Waals surface area (Å²) in [4.78, 5) is 34.6. The highest BCUT2D eigenvalue weighted by molar-refractivity contribution is 6.05. The topological polar surface area (TPSA) is 84.5 Å². The monoisotopic (exact) mass is 415 g/mol. The van der Waals surface area contributed by atoms with Gasteiger partial charge in [0.15, 0.2) is 0 Å². The Morgan fingerprint density at radius 3 is 2.42 bits per heavy atom. The number of methoxy groups -OCH3 is 2. The highest BCUT2D eigenvalue weighted by Gasteiger charge is 2.20. The lowest BCUT2D eigenvalue weighted by Crippen LogP contribution is -2.33. The lowest BCUT2D eigenvalue weighted by Gasteiger charge is -2.23. The molecular weight excluding hydrogens is 394 g/mol. The SMILES string of the molecule is COc1ccc(N(Cc2cc3ccc(OC)cc3[nH]c2=O)C(=O)c2cccnc2)cc1. The van der Waals surface area contributed by atoms with Crippen LogP contribution in [0.15, 0.2) is 77.9 Å². The number of carbonyl (C=O) groups excluding carboxylic acids is 1. The van der Waals surface area contributed by atoms with Gasteiger partial charge in [0, 0.05) is 29.7 Å². The maximum absolute atomic E-state index is 13.3. The van der Waals surface area contributed by atoms with E-state index in [0.717, 1.165) is 5.39 Å². The predicted octanol–water partition coefficient (Wildman–Crippen LogP) is 3.79. The van der Waals surface area contributed by atoms with Crippen molar-refractivity contribution in [2.24, 2.45) is 0 Å². The van der Waals surface area contributed by atoms with Crippen molar-refractivity contribution in [2.45, 2.75) is 6.54 Å². The third-order valence-electron chi connectivity index (χ3n) is 5.00. The molecule has 0 atom stereocenters. The molecule has 0 fully saturated rings. The van der Waals surface area contributed by atoms with Crippen LogP contribution in [0, 0.1) is 0 Å². The molecule has 31 heavy (non-hydrogen) atoms. The van der Waals surface area contributed by atoms with Crippen molar-refractivity contribution in [3.8, 4) is 11.5 Å². The molecule has 7 heteroatoms. The summed E-state index contributed by atoms with van der Waals surface area (Å²) in [5.74, 6) is 1.07. The fourth-order valence-corrected chi connectivity index (χ4v) is 3.33. The van der Waals surface area contributed by atoms with Crippen molar-refractivity contribution in [1.82, 2.24) is 9.97 Å². The molecule has 2 aromatic carbocycles. The molecule has 7 nitrogen and oxygen atoms in total. The third kappa shape index (κ3) is 4.25. The van der Waals surface area contributed by atoms with Crippen LogP contribution in [0.5, 0.6) is 11.5 Å². The lowest BCUT2D eigenvalue weighted by atomic mass is 10.1. The number of fused-ring (bicyclic) bond motifs is 1. The second kappa shape index (κ2) is 8.71. The van der Waals surface area contributed by atoms with E-state index in [1.807, 2.05) is 12.1 Å². The van der Waals surface area contributed by atoms with E-state index in [4.69, 9.17) is 9.47 Å². The van der Waals surface area contributed by atoms with Crippen molar-refractivity contribution in [3.63, 3.8) is 0 Å². The van der Waals surface area contributed by atoms with Crippen LogP contribution >= 0.6 is 0 Å². The molecule has 0 unspecified atom stereocenters. The number of rotatable bonds is 6. The zero-order valence-electron chi connectivity index (χ0n) is 17.2. The Morgan fingerprint density at radius 2 is 1.74 bits per heavy atom. The molecule has 1 N–H and O–H groups in total. The van der Waals surface area contributed by atoms with Crippen LogP contribution in [0.1, 0.15) is 15.9 Å². The van der Waals surface area contributed by atoms with Crippen LogP contribution in [-0.2, 0) is 6.54 Å². The van der Waals surface area contributed by atoms with Crippen LogP contribution < -0.4 is 19.9 Å². The van der Waals surface area contributed by atoms with E-state index in [1.54, 1.807) is 73.8 Å². The molecule has 2 aromatic heterocycles. The van der Waals surface area contributed by atoms with Gasteiger partial charge in [-0.05, 0) is 60.0 Å². The van der Waals surface area contributed by atoms with Gasteiger partial charge >= 0.3 is 0 Å². The van der Waals surface area contributed by atoms with Crippen molar-refractivity contribution in [2.75, 3.05) is 19.1 Å². The zero-order chi connectivity index (χ0) is 21.8. The molecule has 2 heterocycles. The van der Waals surface area contributed by atoms with Crippen LogP contribution in [-0.4, -0.2) is 30.1 Å². The molecule has 0 radical (unpaired) electrons. The highest BCUT2D eigenvalue weighted by atomic mass is 16.5. The molecule has 0 saturated carbocycles. The summed E-state index contributed by atoms with van der Waals surface area (Å²) >= 11 is 0. The maximum Gasteiger partial charge on any atom is 0.260 e. The molecule has 0 aliphatic carbocycles. The predicted molar refractivity (Wildman–Crippen MR) is 119 cm³/mol. The second-order valence-electron chi connectivity index (χ2n) is 6.91. The molecule has 0 aliphatic rings. The molecule has 0 spiro atoms. The first kappa shape index (κ1) is 20.2. The molecule has 0 aliphatic heterocycles. The number of aromatic amines is 1. The average Bonchev–Trinajstić information content (AvgIpc) is 2.82. The number of pyridine rings is 2. The highest BCUT2D eigenvalue weighted by Crippen LogP contribution is 2.24. The Kier molecular flexibility index (Phi) is 5.66. The number of ether oxygens (including phenoxy) is 2. The number of hydrogen-bond donors (Lipinski definition) is 1. The molecule has 0 saturated heterocycles. The minimum absolute atomic E-state index is 0.0946. The normalized spacial score (nSPS) is 10.6. The Bertz CT molecular complexity index is 1270. The van der Waals surface area contributed by atoms with E-state index < -0.39 is 0 Å². The number of H-pyrrole nitrogens is 1. The number of carbonyl (C=O) groups is 1. The summed E-state index contributed by atoms with van der Waals surface area (Å²) in [6, 6.07) is 17.8. The van der Waals surface area contributed by atoms with Crippen molar-refractivity contribution in [1.29, 1.82) is 0 Å². The lowest BCUT2D eigenvalue weighted by molar-refractivity contribution is 0.0984.